The second-order valence-electron chi connectivity index (χ2n) is 4.29. The van der Waals surface area contributed by atoms with Crippen LogP contribution >= 0.6 is 0 Å². The predicted octanol–water partition coefficient (Wildman–Crippen LogP) is 1.73. The maximum absolute atomic E-state index is 13.3. The first-order valence-electron chi connectivity index (χ1n) is 6.49. The highest BCUT2D eigenvalue weighted by Crippen LogP contribution is 2.11. The first-order valence-corrected chi connectivity index (χ1v) is 6.49. The van der Waals surface area contributed by atoms with Crippen LogP contribution in [0.1, 0.15) is 10.4 Å². The fourth-order valence-electron chi connectivity index (χ4n) is 1.58. The molecule has 0 saturated heterocycles. The van der Waals surface area contributed by atoms with Gasteiger partial charge < -0.3 is 10.1 Å². The second-order valence-corrected chi connectivity index (χ2v) is 4.29. The zero-order chi connectivity index (χ0) is 16.7. The molecule has 1 aromatic carbocycles. The van der Waals surface area contributed by atoms with Crippen LogP contribution in [0.5, 0.6) is 0 Å². The number of ether oxygens (including phenoxy) is 1. The lowest BCUT2D eigenvalue weighted by Crippen LogP contribution is -2.37. The molecule has 2 N–H and O–H groups in total. The lowest BCUT2D eigenvalue weighted by atomic mass is 10.3. The number of carbonyl (C=O) groups is 3. The summed E-state index contributed by atoms with van der Waals surface area (Å²) in [5.74, 6) is -2.21. The summed E-state index contributed by atoms with van der Waals surface area (Å²) in [6, 6.07) is 7.40. The number of rotatable bonds is 4. The molecule has 0 unspecified atom stereocenters. The summed E-state index contributed by atoms with van der Waals surface area (Å²) in [4.78, 5) is 38.4. The van der Waals surface area contributed by atoms with Crippen molar-refractivity contribution >= 4 is 23.6 Å². The second kappa shape index (κ2) is 7.64. The number of hydrogen-bond acceptors (Lipinski definition) is 5. The number of amides is 3. The van der Waals surface area contributed by atoms with Crippen molar-refractivity contribution in [2.75, 3.05) is 11.9 Å². The first kappa shape index (κ1) is 16.1. The topological polar surface area (TPSA) is 97.4 Å². The molecule has 118 valence electrons. The molecular formula is C15H12FN3O4. The van der Waals surface area contributed by atoms with Crippen molar-refractivity contribution in [1.29, 1.82) is 0 Å². The zero-order valence-electron chi connectivity index (χ0n) is 11.8. The number of aromatic nitrogens is 1. The summed E-state index contributed by atoms with van der Waals surface area (Å²) >= 11 is 0. The van der Waals surface area contributed by atoms with Gasteiger partial charge in [0.1, 0.15) is 5.82 Å². The molecule has 0 atom stereocenters. The Morgan fingerprint density at radius 1 is 1.09 bits per heavy atom. The average Bonchev–Trinajstić information content (AvgIpc) is 2.55. The van der Waals surface area contributed by atoms with E-state index in [1.165, 1.54) is 42.7 Å². The largest absolute Gasteiger partial charge is 0.452 e. The SMILES string of the molecule is O=C(COC(=O)c1ccncc1)NC(=O)Nc1ccccc1F. The van der Waals surface area contributed by atoms with E-state index in [9.17, 15) is 18.8 Å². The fourth-order valence-corrected chi connectivity index (χ4v) is 1.58. The van der Waals surface area contributed by atoms with Crippen LogP contribution in [0.2, 0.25) is 0 Å². The van der Waals surface area contributed by atoms with Crippen molar-refractivity contribution in [2.45, 2.75) is 0 Å². The highest BCUT2D eigenvalue weighted by Gasteiger charge is 2.13. The van der Waals surface area contributed by atoms with Gasteiger partial charge in [-0.1, -0.05) is 12.1 Å². The number of benzene rings is 1. The monoisotopic (exact) mass is 317 g/mol. The normalized spacial score (nSPS) is 9.78. The summed E-state index contributed by atoms with van der Waals surface area (Å²) in [5.41, 5.74) is 0.148. The summed E-state index contributed by atoms with van der Waals surface area (Å²) in [6.45, 7) is -0.647. The Bertz CT molecular complexity index is 722. The minimum atomic E-state index is -0.930. The Kier molecular flexibility index (Phi) is 5.35. The van der Waals surface area contributed by atoms with Gasteiger partial charge in [-0.15, -0.1) is 0 Å². The number of para-hydroxylation sites is 1. The third-order valence-corrected chi connectivity index (χ3v) is 2.63. The van der Waals surface area contributed by atoms with E-state index in [-0.39, 0.29) is 11.3 Å². The molecule has 1 heterocycles. The number of nitrogens with one attached hydrogen (secondary N) is 2. The molecule has 2 rings (SSSR count). The van der Waals surface area contributed by atoms with E-state index in [0.717, 1.165) is 6.07 Å². The molecule has 0 aliphatic rings. The standard InChI is InChI=1S/C15H12FN3O4/c16-11-3-1-2-4-12(11)18-15(22)19-13(20)9-23-14(21)10-5-7-17-8-6-10/h1-8H,9H2,(H2,18,19,20,22). The Morgan fingerprint density at radius 2 is 1.78 bits per heavy atom. The maximum Gasteiger partial charge on any atom is 0.338 e. The number of halogens is 1. The molecule has 3 amide bonds. The third kappa shape index (κ3) is 4.88. The van der Waals surface area contributed by atoms with Gasteiger partial charge in [-0.3, -0.25) is 15.1 Å². The summed E-state index contributed by atoms with van der Waals surface area (Å²) in [6.07, 6.45) is 2.80. The Balaban J connectivity index is 1.79. The van der Waals surface area contributed by atoms with Gasteiger partial charge in [-0.2, -0.15) is 0 Å². The lowest BCUT2D eigenvalue weighted by Gasteiger charge is -2.08. The van der Waals surface area contributed by atoms with Gasteiger partial charge in [0.2, 0.25) is 0 Å². The van der Waals surface area contributed by atoms with E-state index in [0.29, 0.717) is 0 Å². The Hall–Kier alpha value is -3.29. The Labute approximate surface area is 130 Å². The van der Waals surface area contributed by atoms with Crippen LogP contribution in [-0.2, 0) is 9.53 Å². The third-order valence-electron chi connectivity index (χ3n) is 2.63. The number of urea groups is 1. The van der Waals surface area contributed by atoms with E-state index >= 15 is 0 Å². The molecule has 0 bridgehead atoms. The van der Waals surface area contributed by atoms with E-state index in [1.807, 2.05) is 5.32 Å². The van der Waals surface area contributed by atoms with Crippen LogP contribution in [-0.4, -0.2) is 29.5 Å². The molecule has 2 aromatic rings. The first-order chi connectivity index (χ1) is 11.1. The number of pyridine rings is 1. The number of nitrogens with zero attached hydrogens (tertiary/aromatic N) is 1. The molecule has 0 radical (unpaired) electrons. The van der Waals surface area contributed by atoms with Crippen LogP contribution in [0.25, 0.3) is 0 Å². The number of anilines is 1. The molecule has 1 aromatic heterocycles. The van der Waals surface area contributed by atoms with Crippen molar-refractivity contribution in [1.82, 2.24) is 10.3 Å². The molecule has 8 heteroatoms. The van der Waals surface area contributed by atoms with Gasteiger partial charge >= 0.3 is 12.0 Å². The van der Waals surface area contributed by atoms with Crippen LogP contribution < -0.4 is 10.6 Å². The smallest absolute Gasteiger partial charge is 0.338 e. The quantitative estimate of drug-likeness (QED) is 0.837. The molecule has 7 nitrogen and oxygen atoms in total. The van der Waals surface area contributed by atoms with E-state index in [4.69, 9.17) is 4.74 Å². The summed E-state index contributed by atoms with van der Waals surface area (Å²) in [5, 5.41) is 4.08. The van der Waals surface area contributed by atoms with Crippen molar-refractivity contribution in [3.05, 3.63) is 60.2 Å². The van der Waals surface area contributed by atoms with Gasteiger partial charge in [0, 0.05) is 12.4 Å². The van der Waals surface area contributed by atoms with Crippen LogP contribution in [0.3, 0.4) is 0 Å². The van der Waals surface area contributed by atoms with E-state index < -0.39 is 30.3 Å². The van der Waals surface area contributed by atoms with Crippen molar-refractivity contribution < 1.29 is 23.5 Å². The fraction of sp³-hybridized carbons (Fsp3) is 0.0667. The highest BCUT2D eigenvalue weighted by atomic mass is 19.1. The number of carbonyl (C=O) groups excluding carboxylic acids is 3. The van der Waals surface area contributed by atoms with Crippen LogP contribution in [0.15, 0.2) is 48.8 Å². The molecule has 0 aliphatic carbocycles. The van der Waals surface area contributed by atoms with Gasteiger partial charge in [-0.05, 0) is 24.3 Å². The molecule has 0 saturated carbocycles. The van der Waals surface area contributed by atoms with Gasteiger partial charge in [0.25, 0.3) is 5.91 Å². The minimum Gasteiger partial charge on any atom is -0.452 e. The van der Waals surface area contributed by atoms with Crippen molar-refractivity contribution in [2.24, 2.45) is 0 Å². The van der Waals surface area contributed by atoms with Crippen LogP contribution in [0, 0.1) is 5.82 Å². The summed E-state index contributed by atoms with van der Waals surface area (Å²) < 4.78 is 18.1. The van der Waals surface area contributed by atoms with E-state index in [2.05, 4.69) is 10.3 Å². The van der Waals surface area contributed by atoms with E-state index in [1.54, 1.807) is 0 Å². The predicted molar refractivity (Wildman–Crippen MR) is 78.1 cm³/mol. The Morgan fingerprint density at radius 3 is 2.48 bits per heavy atom. The highest BCUT2D eigenvalue weighted by molar-refractivity contribution is 6.02. The molecular weight excluding hydrogens is 305 g/mol. The average molecular weight is 317 g/mol. The molecule has 23 heavy (non-hydrogen) atoms. The van der Waals surface area contributed by atoms with Gasteiger partial charge in [-0.25, -0.2) is 14.0 Å². The molecule has 0 spiro atoms. The number of imide groups is 1. The molecule has 0 aliphatic heterocycles. The lowest BCUT2D eigenvalue weighted by molar-refractivity contribution is -0.123. The summed E-state index contributed by atoms with van der Waals surface area (Å²) in [7, 11) is 0. The van der Waals surface area contributed by atoms with Crippen molar-refractivity contribution in [3.8, 4) is 0 Å². The van der Waals surface area contributed by atoms with Gasteiger partial charge in [0.05, 0.1) is 11.3 Å². The van der Waals surface area contributed by atoms with Crippen LogP contribution in [0.4, 0.5) is 14.9 Å². The number of hydrogen-bond donors (Lipinski definition) is 2. The number of esters is 1. The minimum absolute atomic E-state index is 0.0772. The van der Waals surface area contributed by atoms with Crippen molar-refractivity contribution in [3.63, 3.8) is 0 Å². The maximum atomic E-state index is 13.3. The zero-order valence-corrected chi connectivity index (χ0v) is 11.8. The van der Waals surface area contributed by atoms with Gasteiger partial charge in [0.15, 0.2) is 6.61 Å². The molecule has 0 fully saturated rings.